The van der Waals surface area contributed by atoms with Gasteiger partial charge in [0.1, 0.15) is 5.75 Å². The summed E-state index contributed by atoms with van der Waals surface area (Å²) in [7, 11) is 0. The molecule has 0 aliphatic heterocycles. The maximum Gasteiger partial charge on any atom is 0.343 e. The van der Waals surface area contributed by atoms with Crippen LogP contribution in [0, 0.1) is 35.3 Å². The van der Waals surface area contributed by atoms with Gasteiger partial charge in [0.25, 0.3) is 0 Å². The molecular formula is C55H59ClF2O8. The standard InChI is InChI=1S/C55H59ClF2O8/c1-3-53(59)64-37-19-15-11-7-5-9-13-17-35-62-51-33-28-44(40-48(51)57)22-21-42-25-30-46(31-26-42)55(61)66-50-32-27-43(39-47(50)56)23-24-45-29-34-52(49(58)41-45)63-36-18-14-10-6-8-12-16-20-38-65-54(60)4-2/h3-4,25-34,39-41H,1-2,5-20,35-38H2. The van der Waals surface area contributed by atoms with Gasteiger partial charge < -0.3 is 23.7 Å². The minimum absolute atomic E-state index is 0.157. The Morgan fingerprint density at radius 2 is 0.818 bits per heavy atom. The van der Waals surface area contributed by atoms with E-state index in [4.69, 9.17) is 35.3 Å². The van der Waals surface area contributed by atoms with Crippen LogP contribution in [-0.4, -0.2) is 44.3 Å². The van der Waals surface area contributed by atoms with Crippen LogP contribution in [0.5, 0.6) is 17.2 Å². The Morgan fingerprint density at radius 1 is 0.470 bits per heavy atom. The zero-order valence-corrected chi connectivity index (χ0v) is 38.4. The third kappa shape index (κ3) is 20.6. The molecule has 11 heteroatoms. The number of carbonyl (C=O) groups excluding carboxylic acids is 3. The van der Waals surface area contributed by atoms with Crippen LogP contribution < -0.4 is 14.2 Å². The van der Waals surface area contributed by atoms with Gasteiger partial charge in [0.15, 0.2) is 23.1 Å². The van der Waals surface area contributed by atoms with E-state index in [0.717, 1.165) is 103 Å². The largest absolute Gasteiger partial charge is 0.491 e. The average molecular weight is 922 g/mol. The molecule has 0 saturated carbocycles. The monoisotopic (exact) mass is 920 g/mol. The number of unbranched alkanes of at least 4 members (excludes halogenated alkanes) is 14. The van der Waals surface area contributed by atoms with E-state index in [1.165, 1.54) is 24.3 Å². The van der Waals surface area contributed by atoms with Crippen molar-refractivity contribution in [1.82, 2.24) is 0 Å². The van der Waals surface area contributed by atoms with Crippen molar-refractivity contribution in [1.29, 1.82) is 0 Å². The first-order valence-electron chi connectivity index (χ1n) is 22.7. The average Bonchev–Trinajstić information content (AvgIpc) is 3.32. The number of rotatable bonds is 28. The molecule has 0 atom stereocenters. The molecule has 0 heterocycles. The first-order valence-corrected chi connectivity index (χ1v) is 23.1. The maximum atomic E-state index is 14.8. The van der Waals surface area contributed by atoms with Gasteiger partial charge in [-0.2, -0.15) is 0 Å². The lowest BCUT2D eigenvalue weighted by Crippen LogP contribution is -2.08. The second-order valence-electron chi connectivity index (χ2n) is 15.5. The number of halogens is 3. The fourth-order valence-electron chi connectivity index (χ4n) is 6.55. The highest BCUT2D eigenvalue weighted by atomic mass is 35.5. The van der Waals surface area contributed by atoms with Gasteiger partial charge in [0.05, 0.1) is 37.0 Å². The third-order valence-corrected chi connectivity index (χ3v) is 10.5. The van der Waals surface area contributed by atoms with Gasteiger partial charge in [-0.1, -0.05) is 125 Å². The Morgan fingerprint density at radius 3 is 1.21 bits per heavy atom. The zero-order valence-electron chi connectivity index (χ0n) is 37.6. The van der Waals surface area contributed by atoms with Crippen LogP contribution >= 0.6 is 11.6 Å². The summed E-state index contributed by atoms with van der Waals surface area (Å²) in [5.74, 6) is 10.0. The smallest absolute Gasteiger partial charge is 0.343 e. The van der Waals surface area contributed by atoms with Gasteiger partial charge in [0, 0.05) is 34.4 Å². The van der Waals surface area contributed by atoms with Gasteiger partial charge in [0.2, 0.25) is 0 Å². The summed E-state index contributed by atoms with van der Waals surface area (Å²) in [6.45, 7) is 8.48. The van der Waals surface area contributed by atoms with Crippen LogP contribution in [0.4, 0.5) is 8.78 Å². The number of carbonyl (C=O) groups is 3. The van der Waals surface area contributed by atoms with Crippen LogP contribution in [-0.2, 0) is 19.1 Å². The summed E-state index contributed by atoms with van der Waals surface area (Å²) in [5, 5.41) is 0.182. The SMILES string of the molecule is C=CC(=O)OCCCCCCCCCCOc1ccc(C#Cc2ccc(C(=O)Oc3ccc(C#Cc4ccc(OCCCCCCCCCCOC(=O)C=C)c(F)c4)cc3Cl)cc2)cc1F. The molecule has 0 aliphatic carbocycles. The molecule has 0 aliphatic rings. The molecule has 0 aromatic heterocycles. The highest BCUT2D eigenvalue weighted by Crippen LogP contribution is 2.27. The van der Waals surface area contributed by atoms with Crippen molar-refractivity contribution in [3.05, 3.63) is 149 Å². The van der Waals surface area contributed by atoms with Gasteiger partial charge >= 0.3 is 17.9 Å². The zero-order chi connectivity index (χ0) is 47.2. The van der Waals surface area contributed by atoms with E-state index in [-0.39, 0.29) is 39.8 Å². The van der Waals surface area contributed by atoms with E-state index in [1.54, 1.807) is 66.7 Å². The second-order valence-corrected chi connectivity index (χ2v) is 15.9. The molecule has 0 fully saturated rings. The molecule has 4 rings (SSSR count). The van der Waals surface area contributed by atoms with Crippen LogP contribution in [0.1, 0.15) is 135 Å². The summed E-state index contributed by atoms with van der Waals surface area (Å²) < 4.78 is 56.3. The Kier molecular flexibility index (Phi) is 24.3. The van der Waals surface area contributed by atoms with Gasteiger partial charge in [-0.25, -0.2) is 23.2 Å². The van der Waals surface area contributed by atoms with E-state index in [0.29, 0.717) is 48.7 Å². The molecule has 0 bridgehead atoms. The highest BCUT2D eigenvalue weighted by molar-refractivity contribution is 6.32. The van der Waals surface area contributed by atoms with Crippen molar-refractivity contribution in [2.45, 2.75) is 103 Å². The minimum atomic E-state index is -0.614. The minimum Gasteiger partial charge on any atom is -0.491 e. The van der Waals surface area contributed by atoms with Crippen LogP contribution in [0.15, 0.2) is 104 Å². The van der Waals surface area contributed by atoms with Crippen molar-refractivity contribution >= 4 is 29.5 Å². The predicted octanol–water partition coefficient (Wildman–Crippen LogP) is 13.1. The lowest BCUT2D eigenvalue weighted by molar-refractivity contribution is -0.138. The van der Waals surface area contributed by atoms with Crippen molar-refractivity contribution in [3.8, 4) is 40.9 Å². The molecule has 0 unspecified atom stereocenters. The molecule has 0 saturated heterocycles. The van der Waals surface area contributed by atoms with Gasteiger partial charge in [-0.3, -0.25) is 0 Å². The van der Waals surface area contributed by atoms with Crippen LogP contribution in [0.25, 0.3) is 0 Å². The predicted molar refractivity (Wildman–Crippen MR) is 255 cm³/mol. The molecule has 4 aromatic carbocycles. The Labute approximate surface area is 393 Å². The first-order chi connectivity index (χ1) is 32.1. The van der Waals surface area contributed by atoms with E-state index < -0.39 is 17.6 Å². The molecule has 66 heavy (non-hydrogen) atoms. The molecule has 0 N–H and O–H groups in total. The lowest BCUT2D eigenvalue weighted by Gasteiger charge is -2.08. The number of hydrogen-bond donors (Lipinski definition) is 0. The van der Waals surface area contributed by atoms with E-state index in [9.17, 15) is 23.2 Å². The summed E-state index contributed by atoms with van der Waals surface area (Å²) >= 11 is 6.44. The molecule has 0 radical (unpaired) electrons. The molecular weight excluding hydrogens is 862 g/mol. The quantitative estimate of drug-likeness (QED) is 0.0183. The molecule has 348 valence electrons. The van der Waals surface area contributed by atoms with E-state index in [1.807, 2.05) is 0 Å². The maximum absolute atomic E-state index is 14.8. The van der Waals surface area contributed by atoms with Crippen molar-refractivity contribution in [2.24, 2.45) is 0 Å². The molecule has 8 nitrogen and oxygen atoms in total. The van der Waals surface area contributed by atoms with Crippen LogP contribution in [0.2, 0.25) is 5.02 Å². The van der Waals surface area contributed by atoms with Crippen LogP contribution in [0.3, 0.4) is 0 Å². The normalized spacial score (nSPS) is 10.4. The number of ether oxygens (including phenoxy) is 5. The first kappa shape index (κ1) is 52.3. The molecule has 4 aromatic rings. The van der Waals surface area contributed by atoms with E-state index in [2.05, 4.69) is 36.8 Å². The summed E-state index contributed by atoms with van der Waals surface area (Å²) in [5.41, 5.74) is 2.41. The fourth-order valence-corrected chi connectivity index (χ4v) is 6.77. The number of benzene rings is 4. The summed E-state index contributed by atoms with van der Waals surface area (Å²) in [4.78, 5) is 35.0. The van der Waals surface area contributed by atoms with Crippen molar-refractivity contribution in [3.63, 3.8) is 0 Å². The summed E-state index contributed by atoms with van der Waals surface area (Å²) in [6, 6.07) is 20.5. The Bertz CT molecular complexity index is 2320. The van der Waals surface area contributed by atoms with Crippen molar-refractivity contribution < 1.29 is 46.8 Å². The number of esters is 3. The fraction of sp³-hybridized carbons (Fsp3) is 0.364. The molecule has 0 spiro atoms. The Balaban J connectivity index is 1.12. The van der Waals surface area contributed by atoms with Crippen molar-refractivity contribution in [2.75, 3.05) is 26.4 Å². The highest BCUT2D eigenvalue weighted by Gasteiger charge is 2.12. The third-order valence-electron chi connectivity index (χ3n) is 10.2. The Hall–Kier alpha value is -6.36. The van der Waals surface area contributed by atoms with Gasteiger partial charge in [-0.15, -0.1) is 0 Å². The topological polar surface area (TPSA) is 97.4 Å². The number of hydrogen-bond acceptors (Lipinski definition) is 8. The van der Waals surface area contributed by atoms with E-state index >= 15 is 0 Å². The summed E-state index contributed by atoms with van der Waals surface area (Å²) in [6.07, 6.45) is 18.6. The van der Waals surface area contributed by atoms with Gasteiger partial charge in [-0.05, 0) is 105 Å². The lowest BCUT2D eigenvalue weighted by atomic mass is 10.1. The second kappa shape index (κ2) is 30.7. The molecule has 0 amide bonds.